The second-order valence-electron chi connectivity index (χ2n) is 5.39. The van der Waals surface area contributed by atoms with Crippen molar-refractivity contribution in [3.8, 4) is 0 Å². The molecule has 0 radical (unpaired) electrons. The molecule has 1 aromatic heterocycles. The van der Waals surface area contributed by atoms with Gasteiger partial charge in [0.25, 0.3) is 0 Å². The van der Waals surface area contributed by atoms with Crippen LogP contribution in [0.25, 0.3) is 0 Å². The number of carbonyl (C=O) groups is 1. The smallest absolute Gasteiger partial charge is 0.410 e. The minimum Gasteiger partial charge on any atom is -0.444 e. The van der Waals surface area contributed by atoms with Crippen LogP contribution in [0.5, 0.6) is 0 Å². The molecule has 1 saturated heterocycles. The molecule has 0 bridgehead atoms. The van der Waals surface area contributed by atoms with Crippen molar-refractivity contribution in [2.45, 2.75) is 38.7 Å². The van der Waals surface area contributed by atoms with Gasteiger partial charge in [-0.3, -0.25) is 0 Å². The summed E-state index contributed by atoms with van der Waals surface area (Å²) in [5, 5.41) is 0. The number of H-pyrrole nitrogens is 1. The highest BCUT2D eigenvalue weighted by atomic mass is 16.6. The number of hydrogen-bond donors (Lipinski definition) is 1. The van der Waals surface area contributed by atoms with Crippen molar-refractivity contribution >= 4 is 6.09 Å². The molecule has 0 aliphatic carbocycles. The fourth-order valence-corrected chi connectivity index (χ4v) is 1.98. The number of hydrogen-bond acceptors (Lipinski definition) is 3. The van der Waals surface area contributed by atoms with E-state index in [4.69, 9.17) is 4.74 Å². The minimum absolute atomic E-state index is 0.230. The van der Waals surface area contributed by atoms with E-state index < -0.39 is 5.60 Å². The third-order valence-electron chi connectivity index (χ3n) is 2.75. The Hall–Kier alpha value is -1.52. The number of aromatic amines is 1. The summed E-state index contributed by atoms with van der Waals surface area (Å²) in [6.45, 7) is 7.06. The molecule has 2 rings (SSSR count). The van der Waals surface area contributed by atoms with E-state index in [0.717, 1.165) is 18.8 Å². The van der Waals surface area contributed by atoms with Crippen LogP contribution in [0.1, 0.15) is 38.9 Å². The summed E-state index contributed by atoms with van der Waals surface area (Å²) in [7, 11) is 0. The van der Waals surface area contributed by atoms with E-state index in [1.165, 1.54) is 0 Å². The van der Waals surface area contributed by atoms with Gasteiger partial charge < -0.3 is 14.6 Å². The maximum Gasteiger partial charge on any atom is 0.410 e. The highest BCUT2D eigenvalue weighted by Crippen LogP contribution is 2.25. The molecule has 1 aliphatic rings. The Morgan fingerprint density at radius 2 is 2.35 bits per heavy atom. The predicted molar refractivity (Wildman–Crippen MR) is 63.8 cm³/mol. The molecule has 1 N–H and O–H groups in total. The first-order chi connectivity index (χ1) is 7.96. The highest BCUT2D eigenvalue weighted by molar-refractivity contribution is 5.68. The van der Waals surface area contributed by atoms with Crippen molar-refractivity contribution < 1.29 is 9.53 Å². The van der Waals surface area contributed by atoms with Gasteiger partial charge in [0.05, 0.1) is 0 Å². The van der Waals surface area contributed by atoms with E-state index in [0.29, 0.717) is 12.5 Å². The Morgan fingerprint density at radius 3 is 2.94 bits per heavy atom. The fourth-order valence-electron chi connectivity index (χ4n) is 1.98. The van der Waals surface area contributed by atoms with Gasteiger partial charge in [0.2, 0.25) is 0 Å². The van der Waals surface area contributed by atoms with Gasteiger partial charge in [0, 0.05) is 31.4 Å². The topological polar surface area (TPSA) is 58.2 Å². The molecule has 2 heterocycles. The van der Waals surface area contributed by atoms with E-state index in [2.05, 4.69) is 9.97 Å². The first kappa shape index (κ1) is 12.0. The number of nitrogens with one attached hydrogen (secondary N) is 1. The molecule has 1 amide bonds. The lowest BCUT2D eigenvalue weighted by atomic mass is 10.1. The molecule has 0 spiro atoms. The molecule has 1 unspecified atom stereocenters. The Bertz CT molecular complexity index is 381. The van der Waals surface area contributed by atoms with E-state index in [1.807, 2.05) is 27.0 Å². The van der Waals surface area contributed by atoms with Crippen LogP contribution in [-0.2, 0) is 4.74 Å². The quantitative estimate of drug-likeness (QED) is 0.814. The first-order valence-corrected chi connectivity index (χ1v) is 5.93. The van der Waals surface area contributed by atoms with Crippen LogP contribution in [-0.4, -0.2) is 39.7 Å². The molecule has 0 saturated carbocycles. The van der Waals surface area contributed by atoms with Crippen molar-refractivity contribution in [1.29, 1.82) is 0 Å². The Labute approximate surface area is 101 Å². The van der Waals surface area contributed by atoms with Crippen molar-refractivity contribution in [3.63, 3.8) is 0 Å². The summed E-state index contributed by atoms with van der Waals surface area (Å²) in [4.78, 5) is 20.9. The SMILES string of the molecule is CC(C)(C)OC(=O)N1CCC(c2ncc[nH]2)C1. The van der Waals surface area contributed by atoms with Crippen LogP contribution in [0.4, 0.5) is 4.79 Å². The van der Waals surface area contributed by atoms with E-state index in [9.17, 15) is 4.79 Å². The van der Waals surface area contributed by atoms with Gasteiger partial charge in [-0.1, -0.05) is 0 Å². The van der Waals surface area contributed by atoms with Gasteiger partial charge in [0.15, 0.2) is 0 Å². The van der Waals surface area contributed by atoms with Gasteiger partial charge in [-0.25, -0.2) is 9.78 Å². The second kappa shape index (κ2) is 4.39. The predicted octanol–water partition coefficient (Wildman–Crippen LogP) is 2.13. The number of amides is 1. The lowest BCUT2D eigenvalue weighted by Crippen LogP contribution is -2.35. The number of imidazole rings is 1. The molecule has 17 heavy (non-hydrogen) atoms. The average Bonchev–Trinajstić information content (AvgIpc) is 2.86. The number of carbonyl (C=O) groups excluding carboxylic acids is 1. The van der Waals surface area contributed by atoms with Gasteiger partial charge in [-0.2, -0.15) is 0 Å². The Balaban J connectivity index is 1.92. The molecule has 1 aliphatic heterocycles. The number of rotatable bonds is 1. The molecule has 1 aromatic rings. The second-order valence-corrected chi connectivity index (χ2v) is 5.39. The maximum atomic E-state index is 11.8. The zero-order chi connectivity index (χ0) is 12.5. The van der Waals surface area contributed by atoms with Crippen molar-refractivity contribution in [2.24, 2.45) is 0 Å². The third kappa shape index (κ3) is 2.99. The summed E-state index contributed by atoms with van der Waals surface area (Å²) in [5.41, 5.74) is -0.431. The molecular formula is C12H19N3O2. The van der Waals surface area contributed by atoms with E-state index >= 15 is 0 Å². The average molecular weight is 237 g/mol. The van der Waals surface area contributed by atoms with Gasteiger partial charge in [-0.05, 0) is 27.2 Å². The van der Waals surface area contributed by atoms with Gasteiger partial charge >= 0.3 is 6.09 Å². The highest BCUT2D eigenvalue weighted by Gasteiger charge is 2.31. The molecule has 1 fully saturated rings. The number of ether oxygens (including phenoxy) is 1. The minimum atomic E-state index is -0.431. The van der Waals surface area contributed by atoms with E-state index in [1.54, 1.807) is 11.1 Å². The van der Waals surface area contributed by atoms with Crippen molar-refractivity contribution in [3.05, 3.63) is 18.2 Å². The lowest BCUT2D eigenvalue weighted by Gasteiger charge is -2.24. The summed E-state index contributed by atoms with van der Waals surface area (Å²) in [6.07, 6.45) is 4.26. The summed E-state index contributed by atoms with van der Waals surface area (Å²) in [5.74, 6) is 1.26. The van der Waals surface area contributed by atoms with Crippen LogP contribution in [0.15, 0.2) is 12.4 Å². The number of aromatic nitrogens is 2. The lowest BCUT2D eigenvalue weighted by molar-refractivity contribution is 0.0292. The largest absolute Gasteiger partial charge is 0.444 e. The molecule has 94 valence electrons. The first-order valence-electron chi connectivity index (χ1n) is 5.93. The summed E-state index contributed by atoms with van der Waals surface area (Å²) >= 11 is 0. The molecule has 5 nitrogen and oxygen atoms in total. The Kier molecular flexibility index (Phi) is 3.09. The molecule has 1 atom stereocenters. The van der Waals surface area contributed by atoms with Gasteiger partial charge in [-0.15, -0.1) is 0 Å². The van der Waals surface area contributed by atoms with Crippen molar-refractivity contribution in [2.75, 3.05) is 13.1 Å². The molecular weight excluding hydrogens is 218 g/mol. The normalized spacial score (nSPS) is 20.6. The zero-order valence-corrected chi connectivity index (χ0v) is 10.6. The van der Waals surface area contributed by atoms with Crippen molar-refractivity contribution in [1.82, 2.24) is 14.9 Å². The molecule has 0 aromatic carbocycles. The van der Waals surface area contributed by atoms with Crippen LogP contribution >= 0.6 is 0 Å². The zero-order valence-electron chi connectivity index (χ0n) is 10.6. The third-order valence-corrected chi connectivity index (χ3v) is 2.75. The summed E-state index contributed by atoms with van der Waals surface area (Å²) in [6, 6.07) is 0. The summed E-state index contributed by atoms with van der Waals surface area (Å²) < 4.78 is 5.34. The maximum absolute atomic E-state index is 11.8. The molecule has 5 heteroatoms. The van der Waals surface area contributed by atoms with E-state index in [-0.39, 0.29) is 6.09 Å². The Morgan fingerprint density at radius 1 is 1.59 bits per heavy atom. The van der Waals surface area contributed by atoms with Crippen LogP contribution < -0.4 is 0 Å². The van der Waals surface area contributed by atoms with Crippen LogP contribution in [0, 0.1) is 0 Å². The van der Waals surface area contributed by atoms with Crippen LogP contribution in [0.2, 0.25) is 0 Å². The number of likely N-dealkylation sites (tertiary alicyclic amines) is 1. The van der Waals surface area contributed by atoms with Crippen LogP contribution in [0.3, 0.4) is 0 Å². The number of nitrogens with zero attached hydrogens (tertiary/aromatic N) is 2. The van der Waals surface area contributed by atoms with Gasteiger partial charge in [0.1, 0.15) is 11.4 Å². The fraction of sp³-hybridized carbons (Fsp3) is 0.667. The monoisotopic (exact) mass is 237 g/mol. The standard InChI is InChI=1S/C12H19N3O2/c1-12(2,3)17-11(16)15-7-4-9(8-15)10-13-5-6-14-10/h5-6,9H,4,7-8H2,1-3H3,(H,13,14).